The Morgan fingerprint density at radius 2 is 2.04 bits per heavy atom. The fourth-order valence-electron chi connectivity index (χ4n) is 2.25. The lowest BCUT2D eigenvalue weighted by Crippen LogP contribution is -2.38. The molecule has 26 heavy (non-hydrogen) atoms. The Balaban J connectivity index is 1.75. The number of carbonyl (C=O) groups is 2. The summed E-state index contributed by atoms with van der Waals surface area (Å²) < 4.78 is 36.4. The van der Waals surface area contributed by atoms with Crippen LogP contribution in [0.2, 0.25) is 0 Å². The minimum absolute atomic E-state index is 0.0273. The van der Waals surface area contributed by atoms with Crippen molar-refractivity contribution < 1.29 is 27.3 Å². The maximum atomic E-state index is 11.7. The molecule has 1 aromatic carbocycles. The molecule has 0 spiro atoms. The first-order chi connectivity index (χ1) is 12.3. The van der Waals surface area contributed by atoms with Crippen LogP contribution >= 0.6 is 10.8 Å². The Labute approximate surface area is 154 Å². The third-order valence-electron chi connectivity index (χ3n) is 3.47. The van der Waals surface area contributed by atoms with Crippen molar-refractivity contribution >= 4 is 42.7 Å². The molecule has 1 aromatic heterocycles. The second-order valence-corrected chi connectivity index (χ2v) is 8.55. The van der Waals surface area contributed by atoms with Gasteiger partial charge >= 0.3 is 0 Å². The lowest BCUT2D eigenvalue weighted by Gasteiger charge is -2.08. The smallest absolute Gasteiger partial charge is 0.239 e. The zero-order valence-electron chi connectivity index (χ0n) is 13.9. The van der Waals surface area contributed by atoms with Gasteiger partial charge in [-0.25, -0.2) is 8.42 Å². The molecule has 1 heterocycles. The first-order valence-electron chi connectivity index (χ1n) is 7.56. The second kappa shape index (κ2) is 8.92. The molecule has 0 bridgehead atoms. The summed E-state index contributed by atoms with van der Waals surface area (Å²) in [5.41, 5.74) is 1.98. The van der Waals surface area contributed by atoms with Crippen molar-refractivity contribution in [3.8, 4) is 5.75 Å². The topological polar surface area (TPSA) is 140 Å². The summed E-state index contributed by atoms with van der Waals surface area (Å²) in [7, 11) is -2.96. The molecular weight excluding hydrogens is 382 g/mol. The number of amides is 2. The van der Waals surface area contributed by atoms with Crippen LogP contribution in [0.5, 0.6) is 5.75 Å². The number of hydrogen-bond acceptors (Lipinski definition) is 7. The number of aromatic amines is 1. The second-order valence-electron chi connectivity index (χ2n) is 5.27. The van der Waals surface area contributed by atoms with Gasteiger partial charge in [0, 0.05) is 23.6 Å². The molecule has 11 heteroatoms. The molecule has 0 saturated heterocycles. The van der Waals surface area contributed by atoms with E-state index in [9.17, 15) is 22.6 Å². The molecule has 2 amide bonds. The van der Waals surface area contributed by atoms with Gasteiger partial charge in [0.25, 0.3) is 0 Å². The molecule has 9 nitrogen and oxygen atoms in total. The zero-order chi connectivity index (χ0) is 19.2. The number of methoxy groups -OCH3 is 1. The summed E-state index contributed by atoms with van der Waals surface area (Å²) in [5, 5.41) is 5.90. The number of H-pyrrole nitrogens is 1. The van der Waals surface area contributed by atoms with Gasteiger partial charge in [-0.3, -0.25) is 9.59 Å². The van der Waals surface area contributed by atoms with Crippen molar-refractivity contribution in [3.63, 3.8) is 0 Å². The van der Waals surface area contributed by atoms with E-state index in [1.165, 1.54) is 0 Å². The molecule has 2 rings (SSSR count). The van der Waals surface area contributed by atoms with E-state index in [2.05, 4.69) is 15.6 Å². The molecule has 0 fully saturated rings. The summed E-state index contributed by atoms with van der Waals surface area (Å²) in [6.45, 7) is 0.0720. The van der Waals surface area contributed by atoms with Crippen LogP contribution in [0.1, 0.15) is 5.56 Å². The largest absolute Gasteiger partial charge is 0.739 e. The third-order valence-corrected chi connectivity index (χ3v) is 5.36. The van der Waals surface area contributed by atoms with Crippen LogP contribution in [0.3, 0.4) is 0 Å². The van der Waals surface area contributed by atoms with Gasteiger partial charge in [-0.2, -0.15) is 0 Å². The van der Waals surface area contributed by atoms with Gasteiger partial charge in [-0.15, -0.1) is 0 Å². The average molecular weight is 400 g/mol. The fraction of sp³-hybridized carbons (Fsp3) is 0.333. The number of hydrogen-bond donors (Lipinski definition) is 3. The normalized spacial score (nSPS) is 11.3. The van der Waals surface area contributed by atoms with Crippen molar-refractivity contribution in [2.24, 2.45) is 0 Å². The van der Waals surface area contributed by atoms with Gasteiger partial charge in [0.2, 0.25) is 11.8 Å². The molecule has 0 unspecified atom stereocenters. The number of benzene rings is 1. The SMILES string of the molecule is COc1ccc2[nH]cc(CCNC(=O)CNC(=O)CSS(=O)(=O)[O-])c2c1. The van der Waals surface area contributed by atoms with Gasteiger partial charge in [0.1, 0.15) is 14.9 Å². The van der Waals surface area contributed by atoms with Crippen molar-refractivity contribution in [2.75, 3.05) is 26.0 Å². The zero-order valence-corrected chi connectivity index (χ0v) is 15.5. The van der Waals surface area contributed by atoms with E-state index in [1.807, 2.05) is 24.4 Å². The van der Waals surface area contributed by atoms with E-state index in [-0.39, 0.29) is 17.3 Å². The summed E-state index contributed by atoms with van der Waals surface area (Å²) >= 11 is 0. The Morgan fingerprint density at radius 1 is 1.27 bits per heavy atom. The van der Waals surface area contributed by atoms with E-state index in [0.717, 1.165) is 22.2 Å². The van der Waals surface area contributed by atoms with Crippen LogP contribution in [-0.4, -0.2) is 55.7 Å². The van der Waals surface area contributed by atoms with Crippen LogP contribution in [-0.2, 0) is 25.2 Å². The minimum atomic E-state index is -4.53. The predicted octanol–water partition coefficient (Wildman–Crippen LogP) is 0.145. The van der Waals surface area contributed by atoms with Crippen LogP contribution in [0.15, 0.2) is 24.4 Å². The van der Waals surface area contributed by atoms with Crippen LogP contribution in [0.25, 0.3) is 10.9 Å². The maximum Gasteiger partial charge on any atom is 0.239 e. The molecule has 2 aromatic rings. The van der Waals surface area contributed by atoms with Crippen molar-refractivity contribution in [3.05, 3.63) is 30.0 Å². The molecule has 0 aliphatic heterocycles. The minimum Gasteiger partial charge on any atom is -0.739 e. The van der Waals surface area contributed by atoms with E-state index in [4.69, 9.17) is 4.74 Å². The molecule has 3 N–H and O–H groups in total. The number of fused-ring (bicyclic) bond motifs is 1. The Morgan fingerprint density at radius 3 is 2.73 bits per heavy atom. The molecule has 0 saturated carbocycles. The van der Waals surface area contributed by atoms with Gasteiger partial charge in [-0.1, -0.05) is 0 Å². The molecule has 0 radical (unpaired) electrons. The number of nitrogens with one attached hydrogen (secondary N) is 3. The highest BCUT2D eigenvalue weighted by molar-refractivity contribution is 8.70. The molecule has 142 valence electrons. The van der Waals surface area contributed by atoms with Gasteiger partial charge in [-0.05, 0) is 41.0 Å². The average Bonchev–Trinajstić information content (AvgIpc) is 2.99. The number of carbonyl (C=O) groups excluding carboxylic acids is 2. The highest BCUT2D eigenvalue weighted by atomic mass is 33.1. The Bertz CT molecular complexity index is 894. The molecule has 0 aliphatic carbocycles. The Kier molecular flexibility index (Phi) is 6.89. The molecular formula is C15H18N3O6S2-. The van der Waals surface area contributed by atoms with E-state index >= 15 is 0 Å². The Hall–Kier alpha value is -2.24. The number of aromatic nitrogens is 1. The van der Waals surface area contributed by atoms with E-state index < -0.39 is 26.7 Å². The highest BCUT2D eigenvalue weighted by Crippen LogP contribution is 2.23. The van der Waals surface area contributed by atoms with Crippen molar-refractivity contribution in [1.82, 2.24) is 15.6 Å². The monoisotopic (exact) mass is 400 g/mol. The van der Waals surface area contributed by atoms with Crippen LogP contribution < -0.4 is 15.4 Å². The van der Waals surface area contributed by atoms with Gasteiger partial charge < -0.3 is 24.9 Å². The van der Waals surface area contributed by atoms with Crippen molar-refractivity contribution in [1.29, 1.82) is 0 Å². The molecule has 0 atom stereocenters. The van der Waals surface area contributed by atoms with Crippen LogP contribution in [0, 0.1) is 0 Å². The lowest BCUT2D eigenvalue weighted by molar-refractivity contribution is -0.124. The predicted molar refractivity (Wildman–Crippen MR) is 96.7 cm³/mol. The van der Waals surface area contributed by atoms with Gasteiger partial charge in [0.15, 0.2) is 0 Å². The first-order valence-corrected chi connectivity index (χ1v) is 10.5. The summed E-state index contributed by atoms with van der Waals surface area (Å²) in [4.78, 5) is 26.2. The van der Waals surface area contributed by atoms with Crippen molar-refractivity contribution in [2.45, 2.75) is 6.42 Å². The van der Waals surface area contributed by atoms with Gasteiger partial charge in [0.05, 0.1) is 19.4 Å². The van der Waals surface area contributed by atoms with E-state index in [0.29, 0.717) is 13.0 Å². The highest BCUT2D eigenvalue weighted by Gasteiger charge is 2.09. The first kappa shape index (κ1) is 20.1. The number of ether oxygens (including phenoxy) is 1. The quantitative estimate of drug-likeness (QED) is 0.402. The maximum absolute atomic E-state index is 11.7. The third kappa shape index (κ3) is 6.24. The lowest BCUT2D eigenvalue weighted by atomic mass is 10.1. The van der Waals surface area contributed by atoms with E-state index in [1.54, 1.807) is 7.11 Å². The standard InChI is InChI=1S/C15H19N3O6S2/c1-24-11-2-3-13-12(6-11)10(7-17-13)4-5-16-14(19)8-18-15(20)9-25-26(21,22)23/h2-3,6-7,17H,4-5,8-9H2,1H3,(H,16,19)(H,18,20)(H,21,22,23)/p-1. The van der Waals surface area contributed by atoms with Crippen LogP contribution in [0.4, 0.5) is 0 Å². The summed E-state index contributed by atoms with van der Waals surface area (Å²) in [6.07, 6.45) is 2.44. The summed E-state index contributed by atoms with van der Waals surface area (Å²) in [5.74, 6) is -0.918. The summed E-state index contributed by atoms with van der Waals surface area (Å²) in [6, 6.07) is 5.67. The number of rotatable bonds is 9. The fourth-order valence-corrected chi connectivity index (χ4v) is 3.35. The molecule has 0 aliphatic rings.